The predicted molar refractivity (Wildman–Crippen MR) is 91.2 cm³/mol. The van der Waals surface area contributed by atoms with E-state index in [1.54, 1.807) is 19.9 Å². The fraction of sp³-hybridized carbons (Fsp3) is 0.474. The van der Waals surface area contributed by atoms with E-state index in [0.717, 1.165) is 17.7 Å². The van der Waals surface area contributed by atoms with Crippen molar-refractivity contribution in [3.63, 3.8) is 0 Å². The highest BCUT2D eigenvalue weighted by Gasteiger charge is 2.33. The van der Waals surface area contributed by atoms with Gasteiger partial charge in [-0.1, -0.05) is 25.5 Å². The molecule has 1 amide bonds. The van der Waals surface area contributed by atoms with E-state index < -0.39 is 35.4 Å². The van der Waals surface area contributed by atoms with Crippen LogP contribution in [0.15, 0.2) is 35.1 Å². The molecular formula is C19H23NO5. The molecule has 2 N–H and O–H groups in total. The number of Topliss-reactive ketones (excluding diaryl/α,β-unsaturated/α-hetero) is 2. The Morgan fingerprint density at radius 1 is 1.08 bits per heavy atom. The van der Waals surface area contributed by atoms with Gasteiger partial charge in [0.05, 0.1) is 17.7 Å². The van der Waals surface area contributed by atoms with Crippen molar-refractivity contribution in [3.8, 4) is 0 Å². The Bertz CT molecular complexity index is 728. The number of rotatable bonds is 0. The number of hydrogen-bond acceptors (Lipinski definition) is 5. The normalized spacial score (nSPS) is 31.8. The monoisotopic (exact) mass is 345 g/mol. The van der Waals surface area contributed by atoms with Crippen LogP contribution in [0.5, 0.6) is 0 Å². The van der Waals surface area contributed by atoms with Gasteiger partial charge in [-0.05, 0) is 26.3 Å². The van der Waals surface area contributed by atoms with Crippen molar-refractivity contribution in [1.82, 2.24) is 5.32 Å². The number of aliphatic hydroxyl groups excluding tert-OH is 1. The van der Waals surface area contributed by atoms with Crippen LogP contribution in [-0.4, -0.2) is 34.5 Å². The Kier molecular flexibility index (Phi) is 5.52. The van der Waals surface area contributed by atoms with Gasteiger partial charge < -0.3 is 10.4 Å². The van der Waals surface area contributed by atoms with E-state index in [-0.39, 0.29) is 23.0 Å². The van der Waals surface area contributed by atoms with E-state index in [1.165, 1.54) is 6.92 Å². The van der Waals surface area contributed by atoms with Crippen molar-refractivity contribution < 1.29 is 24.3 Å². The van der Waals surface area contributed by atoms with Crippen LogP contribution in [0.2, 0.25) is 0 Å². The zero-order valence-electron chi connectivity index (χ0n) is 14.8. The summed E-state index contributed by atoms with van der Waals surface area (Å²) in [5, 5.41) is 12.9. The van der Waals surface area contributed by atoms with Gasteiger partial charge in [0.2, 0.25) is 11.7 Å². The van der Waals surface area contributed by atoms with E-state index in [2.05, 4.69) is 5.32 Å². The largest absolute Gasteiger partial charge is 0.388 e. The summed E-state index contributed by atoms with van der Waals surface area (Å²) in [7, 11) is 0. The zero-order chi connectivity index (χ0) is 18.9. The molecule has 0 aromatic heterocycles. The lowest BCUT2D eigenvalue weighted by molar-refractivity contribution is -0.135. The molecule has 0 saturated carbocycles. The number of amides is 1. The number of carbonyl (C=O) groups excluding carboxylic acids is 4. The quantitative estimate of drug-likeness (QED) is 0.391. The zero-order valence-corrected chi connectivity index (χ0v) is 14.8. The van der Waals surface area contributed by atoms with Gasteiger partial charge in [-0.3, -0.25) is 19.2 Å². The maximum atomic E-state index is 12.5. The first kappa shape index (κ1) is 19.0. The number of aliphatic hydroxyl groups is 1. The summed E-state index contributed by atoms with van der Waals surface area (Å²) in [5.74, 6) is -3.68. The molecule has 0 aromatic rings. The fourth-order valence-corrected chi connectivity index (χ4v) is 3.21. The van der Waals surface area contributed by atoms with Crippen LogP contribution >= 0.6 is 0 Å². The molecule has 6 heteroatoms. The third kappa shape index (κ3) is 4.02. The van der Waals surface area contributed by atoms with Gasteiger partial charge in [-0.2, -0.15) is 0 Å². The summed E-state index contributed by atoms with van der Waals surface area (Å²) in [6, 6.07) is 0. The van der Waals surface area contributed by atoms with Crippen molar-refractivity contribution >= 4 is 23.3 Å². The van der Waals surface area contributed by atoms with E-state index in [1.807, 2.05) is 6.92 Å². The van der Waals surface area contributed by atoms with Gasteiger partial charge in [0, 0.05) is 23.5 Å². The van der Waals surface area contributed by atoms with Gasteiger partial charge in [0.15, 0.2) is 5.78 Å². The number of allylic oxidation sites excluding steroid dienone is 4. The minimum absolute atomic E-state index is 0.0503. The first-order valence-corrected chi connectivity index (χ1v) is 8.33. The van der Waals surface area contributed by atoms with Crippen molar-refractivity contribution in [2.24, 2.45) is 17.8 Å². The smallest absolute Gasteiger partial charge is 0.234 e. The molecule has 1 aliphatic heterocycles. The van der Waals surface area contributed by atoms with Crippen LogP contribution in [-0.2, 0) is 19.2 Å². The Hall–Kier alpha value is -2.34. The van der Waals surface area contributed by atoms with Crippen molar-refractivity contribution in [1.29, 1.82) is 0 Å². The van der Waals surface area contributed by atoms with Crippen LogP contribution in [0, 0.1) is 17.8 Å². The molecule has 2 aliphatic rings. The van der Waals surface area contributed by atoms with E-state index >= 15 is 0 Å². The van der Waals surface area contributed by atoms with E-state index in [0.29, 0.717) is 6.42 Å². The standard InChI is InChI=1S/C19H23NO5/c1-9-5-10(2)16(22)12(4)19(25)20-15-8-13(21)7-14(18(15)24)17(23)11(3)6-9/h6-8,10-12,17,23H,5H2,1-4H3,(H,20,25). The van der Waals surface area contributed by atoms with Crippen LogP contribution in [0.4, 0.5) is 0 Å². The lowest BCUT2D eigenvalue weighted by Crippen LogP contribution is -2.39. The summed E-state index contributed by atoms with van der Waals surface area (Å²) in [6.45, 7) is 6.80. The van der Waals surface area contributed by atoms with Crippen molar-refractivity contribution in [3.05, 3.63) is 35.1 Å². The number of ketones is 3. The maximum Gasteiger partial charge on any atom is 0.234 e. The molecule has 2 rings (SSSR count). The molecule has 0 fully saturated rings. The second kappa shape index (κ2) is 7.27. The molecule has 6 nitrogen and oxygen atoms in total. The Labute approximate surface area is 146 Å². The Balaban J connectivity index is 2.49. The highest BCUT2D eigenvalue weighted by atomic mass is 16.3. The van der Waals surface area contributed by atoms with Crippen molar-refractivity contribution in [2.45, 2.75) is 40.2 Å². The molecule has 1 aliphatic carbocycles. The maximum absolute atomic E-state index is 12.5. The molecule has 0 aromatic carbocycles. The molecule has 2 bridgehead atoms. The Morgan fingerprint density at radius 2 is 1.72 bits per heavy atom. The van der Waals surface area contributed by atoms with Crippen LogP contribution in [0.3, 0.4) is 0 Å². The molecule has 4 unspecified atom stereocenters. The Morgan fingerprint density at radius 3 is 2.36 bits per heavy atom. The molecule has 0 radical (unpaired) electrons. The fourth-order valence-electron chi connectivity index (χ4n) is 3.21. The third-order valence-electron chi connectivity index (χ3n) is 4.65. The topological polar surface area (TPSA) is 101 Å². The minimum Gasteiger partial charge on any atom is -0.388 e. The predicted octanol–water partition coefficient (Wildman–Crippen LogP) is 1.25. The van der Waals surface area contributed by atoms with Gasteiger partial charge in [-0.15, -0.1) is 0 Å². The highest BCUT2D eigenvalue weighted by molar-refractivity contribution is 6.22. The van der Waals surface area contributed by atoms with E-state index in [4.69, 9.17) is 0 Å². The summed E-state index contributed by atoms with van der Waals surface area (Å²) in [4.78, 5) is 49.2. The lowest BCUT2D eigenvalue weighted by Gasteiger charge is -2.22. The van der Waals surface area contributed by atoms with Gasteiger partial charge >= 0.3 is 0 Å². The average Bonchev–Trinajstić information content (AvgIpc) is 2.54. The molecule has 134 valence electrons. The summed E-state index contributed by atoms with van der Waals surface area (Å²) >= 11 is 0. The lowest BCUT2D eigenvalue weighted by atomic mass is 9.87. The summed E-state index contributed by atoms with van der Waals surface area (Å²) in [5.41, 5.74) is 0.627. The number of fused-ring (bicyclic) bond motifs is 2. The van der Waals surface area contributed by atoms with Crippen LogP contribution in [0.25, 0.3) is 0 Å². The third-order valence-corrected chi connectivity index (χ3v) is 4.65. The summed E-state index contributed by atoms with van der Waals surface area (Å²) < 4.78 is 0. The van der Waals surface area contributed by atoms with Gasteiger partial charge in [0.25, 0.3) is 0 Å². The van der Waals surface area contributed by atoms with E-state index in [9.17, 15) is 24.3 Å². The molecule has 4 atom stereocenters. The van der Waals surface area contributed by atoms with Crippen LogP contribution in [0.1, 0.15) is 34.1 Å². The van der Waals surface area contributed by atoms with Crippen molar-refractivity contribution in [2.75, 3.05) is 0 Å². The number of carbonyl (C=O) groups is 4. The first-order chi connectivity index (χ1) is 11.6. The second-order valence-corrected chi connectivity index (χ2v) is 6.92. The molecule has 0 saturated heterocycles. The SMILES string of the molecule is CC1=CC(C)C(O)C2=CC(=O)C=C(NC(=O)C(C)C(=O)C(C)C1)C2=O. The molecule has 0 spiro atoms. The van der Waals surface area contributed by atoms with Crippen LogP contribution < -0.4 is 5.32 Å². The first-order valence-electron chi connectivity index (χ1n) is 8.33. The second-order valence-electron chi connectivity index (χ2n) is 6.92. The highest BCUT2D eigenvalue weighted by Crippen LogP contribution is 2.25. The molecular weight excluding hydrogens is 322 g/mol. The average molecular weight is 345 g/mol. The minimum atomic E-state index is -1.17. The molecule has 25 heavy (non-hydrogen) atoms. The number of nitrogens with one attached hydrogen (secondary N) is 1. The number of hydrogen-bond donors (Lipinski definition) is 2. The van der Waals surface area contributed by atoms with Gasteiger partial charge in [0.1, 0.15) is 5.78 Å². The molecule has 1 heterocycles. The summed E-state index contributed by atoms with van der Waals surface area (Å²) in [6.07, 6.45) is 3.20. The van der Waals surface area contributed by atoms with Gasteiger partial charge in [-0.25, -0.2) is 0 Å².